The van der Waals surface area contributed by atoms with Gasteiger partial charge in [0.2, 0.25) is 11.8 Å². The Morgan fingerprint density at radius 3 is 2.35 bits per heavy atom. The van der Waals surface area contributed by atoms with Crippen molar-refractivity contribution in [2.75, 3.05) is 10.6 Å². The Kier molecular flexibility index (Phi) is 4.82. The molecule has 1 atom stereocenters. The van der Waals surface area contributed by atoms with E-state index in [1.54, 1.807) is 24.3 Å². The zero-order valence-electron chi connectivity index (χ0n) is 13.2. The van der Waals surface area contributed by atoms with Crippen LogP contribution in [0.25, 0.3) is 0 Å². The maximum Gasteiger partial charge on any atom is 0.573 e. The van der Waals surface area contributed by atoms with Crippen LogP contribution in [0.4, 0.5) is 24.5 Å². The van der Waals surface area contributed by atoms with Gasteiger partial charge in [-0.2, -0.15) is 0 Å². The molecular weight excluding hydrogens is 369 g/mol. The van der Waals surface area contributed by atoms with Crippen LogP contribution >= 0.6 is 11.8 Å². The minimum absolute atomic E-state index is 0.0152. The number of nitrogens with zero attached hydrogens (tertiary/aromatic N) is 1. The number of ether oxygens (including phenoxy) is 1. The standard InChI is InChI=1S/C17H13F3N2O3S/c18-17(19,20)25-11-7-5-10(6-8-11)22-15(23)9-14(16(22)24)26-13-4-2-1-3-12(13)21/h1-8,14H,9,21H2/t14-/m0/s1. The van der Waals surface area contributed by atoms with E-state index in [0.717, 1.165) is 17.0 Å². The Morgan fingerprint density at radius 2 is 1.73 bits per heavy atom. The summed E-state index contributed by atoms with van der Waals surface area (Å²) in [5.74, 6) is -1.29. The third-order valence-electron chi connectivity index (χ3n) is 3.62. The van der Waals surface area contributed by atoms with Crippen LogP contribution < -0.4 is 15.4 Å². The Labute approximate surface area is 150 Å². The lowest BCUT2D eigenvalue weighted by Gasteiger charge is -2.16. The van der Waals surface area contributed by atoms with Gasteiger partial charge < -0.3 is 10.5 Å². The number of hydrogen-bond donors (Lipinski definition) is 1. The molecule has 1 aliphatic heterocycles. The van der Waals surface area contributed by atoms with E-state index < -0.39 is 29.2 Å². The summed E-state index contributed by atoms with van der Waals surface area (Å²) in [5, 5.41) is -0.640. The molecule has 2 aromatic carbocycles. The fraction of sp³-hybridized carbons (Fsp3) is 0.176. The van der Waals surface area contributed by atoms with Crippen molar-refractivity contribution in [1.29, 1.82) is 0 Å². The number of alkyl halides is 3. The van der Waals surface area contributed by atoms with Crippen molar-refractivity contribution >= 4 is 35.0 Å². The van der Waals surface area contributed by atoms with Gasteiger partial charge in [-0.3, -0.25) is 9.59 Å². The maximum absolute atomic E-state index is 12.6. The van der Waals surface area contributed by atoms with Crippen LogP contribution in [-0.4, -0.2) is 23.4 Å². The van der Waals surface area contributed by atoms with E-state index in [2.05, 4.69) is 4.74 Å². The SMILES string of the molecule is Nc1ccccc1S[C@H]1CC(=O)N(c2ccc(OC(F)(F)F)cc2)C1=O. The van der Waals surface area contributed by atoms with Crippen molar-refractivity contribution in [3.05, 3.63) is 48.5 Å². The van der Waals surface area contributed by atoms with E-state index >= 15 is 0 Å². The van der Waals surface area contributed by atoms with Crippen LogP contribution in [0.5, 0.6) is 5.75 Å². The Hall–Kier alpha value is -2.68. The molecule has 1 saturated heterocycles. The smallest absolute Gasteiger partial charge is 0.406 e. The van der Waals surface area contributed by atoms with Gasteiger partial charge in [0.15, 0.2) is 0 Å². The molecule has 0 radical (unpaired) electrons. The number of amides is 2. The highest BCUT2D eigenvalue weighted by molar-refractivity contribution is 8.00. The third-order valence-corrected chi connectivity index (χ3v) is 4.90. The van der Waals surface area contributed by atoms with Crippen molar-refractivity contribution in [3.63, 3.8) is 0 Å². The average Bonchev–Trinajstić information content (AvgIpc) is 2.83. The first-order chi connectivity index (χ1) is 12.2. The number of halogens is 3. The maximum atomic E-state index is 12.6. The second-order valence-electron chi connectivity index (χ2n) is 5.46. The first-order valence-corrected chi connectivity index (χ1v) is 8.36. The van der Waals surface area contributed by atoms with E-state index in [9.17, 15) is 22.8 Å². The van der Waals surface area contributed by atoms with Crippen LogP contribution in [-0.2, 0) is 9.59 Å². The molecule has 3 rings (SSSR count). The van der Waals surface area contributed by atoms with Crippen molar-refractivity contribution < 1.29 is 27.5 Å². The van der Waals surface area contributed by atoms with Crippen LogP contribution in [0.2, 0.25) is 0 Å². The van der Waals surface area contributed by atoms with Gasteiger partial charge in [0.1, 0.15) is 5.75 Å². The van der Waals surface area contributed by atoms with Crippen molar-refractivity contribution in [2.24, 2.45) is 0 Å². The van der Waals surface area contributed by atoms with Crippen LogP contribution in [0.15, 0.2) is 53.4 Å². The van der Waals surface area contributed by atoms with Gasteiger partial charge in [-0.1, -0.05) is 12.1 Å². The number of nitrogen functional groups attached to an aromatic ring is 1. The largest absolute Gasteiger partial charge is 0.573 e. The molecule has 0 bridgehead atoms. The van der Waals surface area contributed by atoms with Gasteiger partial charge in [-0.25, -0.2) is 4.90 Å². The van der Waals surface area contributed by atoms with Crippen LogP contribution in [0.1, 0.15) is 6.42 Å². The lowest BCUT2D eigenvalue weighted by molar-refractivity contribution is -0.274. The van der Waals surface area contributed by atoms with Gasteiger partial charge in [-0.15, -0.1) is 24.9 Å². The van der Waals surface area contributed by atoms with Crippen molar-refractivity contribution in [2.45, 2.75) is 22.9 Å². The van der Waals surface area contributed by atoms with Crippen LogP contribution in [0, 0.1) is 0 Å². The molecule has 2 aromatic rings. The number of hydrogen-bond acceptors (Lipinski definition) is 5. The van der Waals surface area contributed by atoms with Gasteiger partial charge in [0.25, 0.3) is 0 Å². The molecule has 0 unspecified atom stereocenters. The normalized spacial score (nSPS) is 17.7. The number of anilines is 2. The number of thioether (sulfide) groups is 1. The van der Waals surface area contributed by atoms with Gasteiger partial charge >= 0.3 is 6.36 Å². The molecule has 136 valence electrons. The zero-order valence-corrected chi connectivity index (χ0v) is 14.0. The molecule has 9 heteroatoms. The summed E-state index contributed by atoms with van der Waals surface area (Å²) in [6.45, 7) is 0. The number of nitrogens with two attached hydrogens (primary N) is 1. The summed E-state index contributed by atoms with van der Waals surface area (Å²) in [6, 6.07) is 11.6. The highest BCUT2D eigenvalue weighted by atomic mass is 32.2. The van der Waals surface area contributed by atoms with Gasteiger partial charge in [0, 0.05) is 17.0 Å². The van der Waals surface area contributed by atoms with Crippen LogP contribution in [0.3, 0.4) is 0 Å². The minimum Gasteiger partial charge on any atom is -0.406 e. The summed E-state index contributed by atoms with van der Waals surface area (Å²) in [5.41, 5.74) is 6.55. The summed E-state index contributed by atoms with van der Waals surface area (Å²) < 4.78 is 40.4. The number of benzene rings is 2. The third kappa shape index (κ3) is 3.93. The molecule has 1 fully saturated rings. The number of para-hydroxylation sites is 1. The summed E-state index contributed by atoms with van der Waals surface area (Å²) >= 11 is 1.19. The Bertz CT molecular complexity index is 840. The van der Waals surface area contributed by atoms with Gasteiger partial charge in [0.05, 0.1) is 10.9 Å². The Balaban J connectivity index is 1.76. The summed E-state index contributed by atoms with van der Waals surface area (Å²) in [6.07, 6.45) is -4.82. The molecule has 2 N–H and O–H groups in total. The summed E-state index contributed by atoms with van der Waals surface area (Å²) in [7, 11) is 0. The van der Waals surface area contributed by atoms with Crippen molar-refractivity contribution in [1.82, 2.24) is 0 Å². The second kappa shape index (κ2) is 6.91. The molecule has 5 nitrogen and oxygen atoms in total. The van der Waals surface area contributed by atoms with Gasteiger partial charge in [-0.05, 0) is 36.4 Å². The van der Waals surface area contributed by atoms with E-state index in [-0.39, 0.29) is 12.1 Å². The van der Waals surface area contributed by atoms with E-state index in [0.29, 0.717) is 10.6 Å². The molecular formula is C17H13F3N2O3S. The second-order valence-corrected chi connectivity index (χ2v) is 6.70. The zero-order chi connectivity index (χ0) is 18.9. The molecule has 1 heterocycles. The lowest BCUT2D eigenvalue weighted by atomic mass is 10.3. The molecule has 0 aliphatic carbocycles. The number of carbonyl (C=O) groups excluding carboxylic acids is 2. The topological polar surface area (TPSA) is 72.6 Å². The highest BCUT2D eigenvalue weighted by Gasteiger charge is 2.40. The first kappa shape index (κ1) is 18.1. The molecule has 0 saturated carbocycles. The number of carbonyl (C=O) groups is 2. The van der Waals surface area contributed by atoms with Crippen molar-refractivity contribution in [3.8, 4) is 5.75 Å². The fourth-order valence-electron chi connectivity index (χ4n) is 2.51. The predicted molar refractivity (Wildman–Crippen MR) is 90.7 cm³/mol. The Morgan fingerprint density at radius 1 is 1.08 bits per heavy atom. The molecule has 26 heavy (non-hydrogen) atoms. The molecule has 1 aliphatic rings. The summed E-state index contributed by atoms with van der Waals surface area (Å²) in [4.78, 5) is 26.5. The predicted octanol–water partition coefficient (Wildman–Crippen LogP) is 3.59. The van der Waals surface area contributed by atoms with E-state index in [4.69, 9.17) is 5.73 Å². The number of rotatable bonds is 4. The number of imide groups is 1. The monoisotopic (exact) mass is 382 g/mol. The molecule has 0 aromatic heterocycles. The first-order valence-electron chi connectivity index (χ1n) is 7.48. The lowest BCUT2D eigenvalue weighted by Crippen LogP contribution is -2.31. The quantitative estimate of drug-likeness (QED) is 0.646. The molecule has 0 spiro atoms. The fourth-order valence-corrected chi connectivity index (χ4v) is 3.61. The van der Waals surface area contributed by atoms with E-state index in [1.807, 2.05) is 0 Å². The molecule has 2 amide bonds. The minimum atomic E-state index is -4.81. The highest BCUT2D eigenvalue weighted by Crippen LogP contribution is 2.36. The average molecular weight is 382 g/mol. The van der Waals surface area contributed by atoms with E-state index in [1.165, 1.54) is 23.9 Å².